The van der Waals surface area contributed by atoms with Crippen LogP contribution < -0.4 is 11.0 Å². The Labute approximate surface area is 186 Å². The largest absolute Gasteiger partial charge is 0.323 e. The summed E-state index contributed by atoms with van der Waals surface area (Å²) >= 11 is 1.69. The summed E-state index contributed by atoms with van der Waals surface area (Å²) in [5.41, 5.74) is 6.24. The molecule has 3 heterocycles. The van der Waals surface area contributed by atoms with Crippen LogP contribution in [0.3, 0.4) is 0 Å². The predicted molar refractivity (Wildman–Crippen MR) is 129 cm³/mol. The van der Waals surface area contributed by atoms with Crippen molar-refractivity contribution < 1.29 is 4.79 Å². The number of amides is 1. The topological polar surface area (TPSA) is 90.6 Å². The summed E-state index contributed by atoms with van der Waals surface area (Å²) in [6, 6.07) is 17.2. The Hall–Kier alpha value is -3.97. The number of H-pyrrole nitrogens is 2. The number of hydrogen-bond donors (Lipinski definition) is 3. The minimum Gasteiger partial charge on any atom is -0.322 e. The highest BCUT2D eigenvalue weighted by atomic mass is 32.1. The van der Waals surface area contributed by atoms with E-state index in [1.54, 1.807) is 29.5 Å². The van der Waals surface area contributed by atoms with Crippen molar-refractivity contribution in [3.8, 4) is 0 Å². The van der Waals surface area contributed by atoms with E-state index in [0.29, 0.717) is 22.3 Å². The summed E-state index contributed by atoms with van der Waals surface area (Å²) in [5.74, 6) is -0.172. The fraction of sp³-hybridized carbons (Fsp3) is 0.0800. The fourth-order valence-electron chi connectivity index (χ4n) is 4.39. The molecule has 0 atom stereocenters. The highest BCUT2D eigenvalue weighted by molar-refractivity contribution is 7.10. The molecule has 1 amide bonds. The number of anilines is 1. The molecule has 3 aromatic heterocycles. The molecule has 0 saturated carbocycles. The Morgan fingerprint density at radius 2 is 1.91 bits per heavy atom. The number of hydrogen-bond acceptors (Lipinski definition) is 4. The zero-order chi connectivity index (χ0) is 21.7. The molecule has 1 aliphatic rings. The number of pyridine rings is 1. The summed E-state index contributed by atoms with van der Waals surface area (Å²) in [6.07, 6.45) is 3.81. The van der Waals surface area contributed by atoms with E-state index in [9.17, 15) is 9.59 Å². The number of allylic oxidation sites excluding steroid dienone is 1. The quantitative estimate of drug-likeness (QED) is 0.361. The van der Waals surface area contributed by atoms with Crippen molar-refractivity contribution in [2.75, 3.05) is 5.32 Å². The van der Waals surface area contributed by atoms with Crippen molar-refractivity contribution in [1.29, 1.82) is 0 Å². The lowest BCUT2D eigenvalue weighted by molar-refractivity contribution is 0.102. The van der Waals surface area contributed by atoms with Gasteiger partial charge in [0, 0.05) is 16.0 Å². The lowest BCUT2D eigenvalue weighted by Gasteiger charge is -2.13. The van der Waals surface area contributed by atoms with Gasteiger partial charge in [-0.25, -0.2) is 9.78 Å². The van der Waals surface area contributed by atoms with Gasteiger partial charge in [0.2, 0.25) is 0 Å². The van der Waals surface area contributed by atoms with Gasteiger partial charge in [0.05, 0.1) is 27.8 Å². The van der Waals surface area contributed by atoms with Crippen molar-refractivity contribution in [3.05, 3.63) is 92.2 Å². The van der Waals surface area contributed by atoms with E-state index in [4.69, 9.17) is 4.98 Å². The van der Waals surface area contributed by atoms with E-state index in [1.165, 1.54) is 4.88 Å². The number of rotatable bonds is 3. The van der Waals surface area contributed by atoms with E-state index in [-0.39, 0.29) is 11.6 Å². The van der Waals surface area contributed by atoms with Crippen LogP contribution in [-0.4, -0.2) is 20.9 Å². The normalized spacial score (nSPS) is 14.3. The van der Waals surface area contributed by atoms with Crippen LogP contribution in [-0.2, 0) is 6.42 Å². The predicted octanol–water partition coefficient (Wildman–Crippen LogP) is 5.21. The molecule has 32 heavy (non-hydrogen) atoms. The van der Waals surface area contributed by atoms with Crippen LogP contribution in [0.4, 0.5) is 5.69 Å². The molecule has 5 aromatic rings. The second-order valence-corrected chi connectivity index (χ2v) is 8.79. The average Bonchev–Trinajstić information content (AvgIpc) is 3.52. The van der Waals surface area contributed by atoms with Gasteiger partial charge in [-0.3, -0.25) is 4.79 Å². The molecule has 0 fully saturated rings. The molecular weight excluding hydrogens is 420 g/mol. The molecule has 2 aromatic carbocycles. The first-order valence-electron chi connectivity index (χ1n) is 10.4. The van der Waals surface area contributed by atoms with E-state index in [1.807, 2.05) is 30.3 Å². The van der Waals surface area contributed by atoms with Gasteiger partial charge in [0.15, 0.2) is 0 Å². The van der Waals surface area contributed by atoms with E-state index in [2.05, 4.69) is 32.8 Å². The second kappa shape index (κ2) is 7.32. The summed E-state index contributed by atoms with van der Waals surface area (Å²) in [7, 11) is 0. The number of fused-ring (bicyclic) bond motifs is 3. The molecule has 156 valence electrons. The molecule has 6 rings (SSSR count). The van der Waals surface area contributed by atoms with Crippen molar-refractivity contribution in [2.45, 2.75) is 12.8 Å². The Bertz CT molecular complexity index is 1590. The van der Waals surface area contributed by atoms with Crippen LogP contribution in [0, 0.1) is 0 Å². The number of benzene rings is 2. The summed E-state index contributed by atoms with van der Waals surface area (Å²) in [4.78, 5) is 36.6. The third-order valence-corrected chi connectivity index (χ3v) is 6.62. The molecule has 3 N–H and O–H groups in total. The van der Waals surface area contributed by atoms with Crippen molar-refractivity contribution in [3.63, 3.8) is 0 Å². The molecule has 6 nitrogen and oxygen atoms in total. The minimum absolute atomic E-state index is 0.172. The maximum atomic E-state index is 13.5. The van der Waals surface area contributed by atoms with E-state index < -0.39 is 0 Å². The van der Waals surface area contributed by atoms with Gasteiger partial charge in [0.1, 0.15) is 0 Å². The highest BCUT2D eigenvalue weighted by Gasteiger charge is 2.27. The third-order valence-electron chi connectivity index (χ3n) is 5.80. The van der Waals surface area contributed by atoms with Crippen LogP contribution in [0.1, 0.15) is 32.9 Å². The first-order chi connectivity index (χ1) is 15.7. The van der Waals surface area contributed by atoms with Gasteiger partial charge in [-0.1, -0.05) is 24.3 Å². The number of imidazole rings is 1. The first kappa shape index (κ1) is 18.8. The van der Waals surface area contributed by atoms with Gasteiger partial charge in [-0.05, 0) is 65.8 Å². The van der Waals surface area contributed by atoms with Crippen molar-refractivity contribution in [1.82, 2.24) is 15.0 Å². The Kier molecular flexibility index (Phi) is 4.29. The average molecular weight is 439 g/mol. The third kappa shape index (κ3) is 3.14. The molecular formula is C25H18N4O2S. The fourth-order valence-corrected chi connectivity index (χ4v) is 5.07. The van der Waals surface area contributed by atoms with Crippen LogP contribution in [0.25, 0.3) is 33.6 Å². The number of aromatic nitrogens is 3. The van der Waals surface area contributed by atoms with Crippen LogP contribution in [0.2, 0.25) is 0 Å². The first-order valence-corrected chi connectivity index (χ1v) is 11.2. The molecule has 0 bridgehead atoms. The van der Waals surface area contributed by atoms with E-state index in [0.717, 1.165) is 40.6 Å². The standard InChI is InChI=1S/C25H18N4O2S/c30-24(26-15-8-10-20-21(13-15)29-25(31)28-20)22-17-5-1-2-6-19(17)27-23-14(7-9-18(22)23)12-16-4-3-11-32-16/h1-6,8,10-13H,7,9H2,(H,26,30)(H2,28,29,31). The number of thiophene rings is 1. The summed E-state index contributed by atoms with van der Waals surface area (Å²) in [6.45, 7) is 0. The zero-order valence-corrected chi connectivity index (χ0v) is 17.8. The van der Waals surface area contributed by atoms with Gasteiger partial charge in [0.25, 0.3) is 5.91 Å². The smallest absolute Gasteiger partial charge is 0.322 e. The lowest BCUT2D eigenvalue weighted by atomic mass is 10.00. The Balaban J connectivity index is 1.46. The number of carbonyl (C=O) groups is 1. The number of nitrogens with zero attached hydrogens (tertiary/aromatic N) is 1. The summed E-state index contributed by atoms with van der Waals surface area (Å²) < 4.78 is 0. The number of carbonyl (C=O) groups excluding carboxylic acids is 1. The monoisotopic (exact) mass is 438 g/mol. The molecule has 0 aliphatic heterocycles. The summed E-state index contributed by atoms with van der Waals surface area (Å²) in [5, 5.41) is 5.93. The molecule has 7 heteroatoms. The van der Waals surface area contributed by atoms with E-state index >= 15 is 0 Å². The zero-order valence-electron chi connectivity index (χ0n) is 16.9. The van der Waals surface area contributed by atoms with Crippen molar-refractivity contribution >= 4 is 56.5 Å². The SMILES string of the molecule is O=C(Nc1ccc2[nH]c(=O)[nH]c2c1)c1c2c(nc3ccccc13)C(=Cc1cccs1)CC2. The minimum atomic E-state index is -0.272. The molecule has 0 spiro atoms. The van der Waals surface area contributed by atoms with Crippen LogP contribution in [0.15, 0.2) is 64.8 Å². The maximum Gasteiger partial charge on any atom is 0.323 e. The number of para-hydroxylation sites is 1. The lowest BCUT2D eigenvalue weighted by Crippen LogP contribution is -2.15. The van der Waals surface area contributed by atoms with Gasteiger partial charge in [-0.2, -0.15) is 0 Å². The van der Waals surface area contributed by atoms with Gasteiger partial charge < -0.3 is 15.3 Å². The maximum absolute atomic E-state index is 13.5. The highest BCUT2D eigenvalue weighted by Crippen LogP contribution is 2.38. The molecule has 0 unspecified atom stereocenters. The second-order valence-electron chi connectivity index (χ2n) is 7.81. The van der Waals surface area contributed by atoms with Crippen LogP contribution in [0.5, 0.6) is 0 Å². The Morgan fingerprint density at radius 1 is 1.03 bits per heavy atom. The van der Waals surface area contributed by atoms with Crippen molar-refractivity contribution in [2.24, 2.45) is 0 Å². The molecule has 1 aliphatic carbocycles. The Morgan fingerprint density at radius 3 is 2.78 bits per heavy atom. The number of aromatic amines is 2. The van der Waals surface area contributed by atoms with Crippen LogP contribution >= 0.6 is 11.3 Å². The van der Waals surface area contributed by atoms with Gasteiger partial charge >= 0.3 is 5.69 Å². The number of nitrogens with one attached hydrogen (secondary N) is 3. The van der Waals surface area contributed by atoms with Gasteiger partial charge in [-0.15, -0.1) is 11.3 Å². The molecule has 0 saturated heterocycles. The molecule has 0 radical (unpaired) electrons.